The van der Waals surface area contributed by atoms with Gasteiger partial charge in [0.15, 0.2) is 5.96 Å². The van der Waals surface area contributed by atoms with E-state index in [0.29, 0.717) is 6.04 Å². The predicted octanol–water partition coefficient (Wildman–Crippen LogP) is 4.37. The van der Waals surface area contributed by atoms with Crippen LogP contribution in [0.1, 0.15) is 24.5 Å². The van der Waals surface area contributed by atoms with E-state index >= 15 is 0 Å². The second kappa shape index (κ2) is 11.7. The van der Waals surface area contributed by atoms with Gasteiger partial charge < -0.3 is 15.5 Å². The summed E-state index contributed by atoms with van der Waals surface area (Å²) in [5.74, 6) is 0.851. The van der Waals surface area contributed by atoms with Gasteiger partial charge in [0.25, 0.3) is 0 Å². The van der Waals surface area contributed by atoms with Crippen molar-refractivity contribution in [1.82, 2.24) is 10.6 Å². The van der Waals surface area contributed by atoms with Gasteiger partial charge in [0.05, 0.1) is 0 Å². The molecule has 0 aromatic heterocycles. The van der Waals surface area contributed by atoms with E-state index in [1.807, 2.05) is 7.05 Å². The molecule has 0 fully saturated rings. The number of rotatable bonds is 7. The Hall–Kier alpha value is -2.02. The maximum absolute atomic E-state index is 4.37. The fourth-order valence-corrected chi connectivity index (χ4v) is 3.27. The molecule has 0 amide bonds. The monoisotopic (exact) mass is 490 g/mol. The fraction of sp³-hybridized carbons (Fsp3) is 0.348. The van der Waals surface area contributed by atoms with Gasteiger partial charge in [-0.1, -0.05) is 54.6 Å². The lowest BCUT2D eigenvalue weighted by molar-refractivity contribution is 0.593. The summed E-state index contributed by atoms with van der Waals surface area (Å²) in [6.45, 7) is 4.97. The quantitative estimate of drug-likeness (QED) is 0.262. The molecule has 1 heterocycles. The van der Waals surface area contributed by atoms with Crippen molar-refractivity contribution in [3.63, 3.8) is 0 Å². The summed E-state index contributed by atoms with van der Waals surface area (Å²) in [5, 5.41) is 6.93. The summed E-state index contributed by atoms with van der Waals surface area (Å²) >= 11 is 0. The first-order chi connectivity index (χ1) is 13.2. The van der Waals surface area contributed by atoms with Crippen LogP contribution in [0.2, 0.25) is 0 Å². The molecule has 4 nitrogen and oxygen atoms in total. The Labute approximate surface area is 186 Å². The molecule has 0 saturated heterocycles. The molecule has 0 spiro atoms. The molecule has 1 aliphatic heterocycles. The Morgan fingerprint density at radius 2 is 1.75 bits per heavy atom. The number of anilines is 1. The third-order valence-corrected chi connectivity index (χ3v) is 4.87. The minimum Gasteiger partial charge on any atom is -0.364 e. The first-order valence-corrected chi connectivity index (χ1v) is 9.74. The minimum atomic E-state index is 0. The van der Waals surface area contributed by atoms with Crippen LogP contribution in [-0.2, 0) is 13.0 Å². The number of guanidine groups is 1. The van der Waals surface area contributed by atoms with E-state index in [9.17, 15) is 0 Å². The highest BCUT2D eigenvalue weighted by Gasteiger charge is 2.09. The fourth-order valence-electron chi connectivity index (χ4n) is 3.27. The molecule has 5 heteroatoms. The second-order valence-electron chi connectivity index (χ2n) is 7.04. The van der Waals surface area contributed by atoms with Gasteiger partial charge in [-0.2, -0.15) is 0 Å². The maximum atomic E-state index is 4.37. The molecule has 3 rings (SSSR count). The van der Waals surface area contributed by atoms with Crippen LogP contribution in [0.15, 0.2) is 71.7 Å². The van der Waals surface area contributed by atoms with E-state index in [0.717, 1.165) is 38.4 Å². The average Bonchev–Trinajstić information content (AvgIpc) is 3.25. The van der Waals surface area contributed by atoms with Gasteiger partial charge in [0, 0.05) is 38.4 Å². The average molecular weight is 490 g/mol. The number of nitrogens with zero attached hydrogens (tertiary/aromatic N) is 2. The molecule has 28 heavy (non-hydrogen) atoms. The van der Waals surface area contributed by atoms with E-state index in [2.05, 4.69) is 94.2 Å². The van der Waals surface area contributed by atoms with Crippen LogP contribution in [0.5, 0.6) is 0 Å². The SMILES string of the molecule is CN=C(NCc1cccc(N2CC=CC2)c1)NC(C)CCc1ccccc1.I. The second-order valence-corrected chi connectivity index (χ2v) is 7.04. The molecule has 1 unspecified atom stereocenters. The van der Waals surface area contributed by atoms with Crippen molar-refractivity contribution in [3.8, 4) is 0 Å². The van der Waals surface area contributed by atoms with Gasteiger partial charge in [-0.25, -0.2) is 0 Å². The predicted molar refractivity (Wildman–Crippen MR) is 131 cm³/mol. The topological polar surface area (TPSA) is 39.7 Å². The number of halogens is 1. The van der Waals surface area contributed by atoms with E-state index in [-0.39, 0.29) is 24.0 Å². The summed E-state index contributed by atoms with van der Waals surface area (Å²) in [5.41, 5.74) is 3.92. The van der Waals surface area contributed by atoms with Crippen LogP contribution in [-0.4, -0.2) is 32.1 Å². The van der Waals surface area contributed by atoms with Crippen molar-refractivity contribution in [2.45, 2.75) is 32.4 Å². The zero-order valence-electron chi connectivity index (χ0n) is 16.8. The van der Waals surface area contributed by atoms with Gasteiger partial charge in [0.1, 0.15) is 0 Å². The van der Waals surface area contributed by atoms with E-state index in [1.165, 1.54) is 16.8 Å². The third kappa shape index (κ3) is 6.86. The van der Waals surface area contributed by atoms with E-state index in [4.69, 9.17) is 0 Å². The summed E-state index contributed by atoms with van der Waals surface area (Å²) in [6, 6.07) is 19.7. The number of benzene rings is 2. The highest BCUT2D eigenvalue weighted by Crippen LogP contribution is 2.18. The summed E-state index contributed by atoms with van der Waals surface area (Å²) in [7, 11) is 1.82. The Balaban J connectivity index is 0.00000280. The van der Waals surface area contributed by atoms with Crippen LogP contribution in [0.4, 0.5) is 5.69 Å². The molecule has 2 aromatic rings. The number of aryl methyl sites for hydroxylation is 1. The molecule has 0 bridgehead atoms. The van der Waals surface area contributed by atoms with Crippen molar-refractivity contribution >= 4 is 35.6 Å². The van der Waals surface area contributed by atoms with Gasteiger partial charge in [-0.15, -0.1) is 24.0 Å². The summed E-state index contributed by atoms with van der Waals surface area (Å²) in [6.07, 6.45) is 6.57. The van der Waals surface area contributed by atoms with Crippen LogP contribution < -0.4 is 15.5 Å². The van der Waals surface area contributed by atoms with Crippen molar-refractivity contribution in [2.24, 2.45) is 4.99 Å². The molecular weight excluding hydrogens is 459 g/mol. The zero-order chi connectivity index (χ0) is 18.9. The molecule has 0 radical (unpaired) electrons. The highest BCUT2D eigenvalue weighted by atomic mass is 127. The smallest absolute Gasteiger partial charge is 0.191 e. The van der Waals surface area contributed by atoms with E-state index < -0.39 is 0 Å². The molecule has 1 aliphatic rings. The Morgan fingerprint density at radius 1 is 1.04 bits per heavy atom. The third-order valence-electron chi connectivity index (χ3n) is 4.87. The summed E-state index contributed by atoms with van der Waals surface area (Å²) < 4.78 is 0. The lowest BCUT2D eigenvalue weighted by Gasteiger charge is -2.20. The van der Waals surface area contributed by atoms with Gasteiger partial charge in [0.2, 0.25) is 0 Å². The van der Waals surface area contributed by atoms with Crippen LogP contribution >= 0.6 is 24.0 Å². The lowest BCUT2D eigenvalue weighted by Crippen LogP contribution is -2.42. The highest BCUT2D eigenvalue weighted by molar-refractivity contribution is 14.0. The Morgan fingerprint density at radius 3 is 2.46 bits per heavy atom. The number of hydrogen-bond donors (Lipinski definition) is 2. The standard InChI is InChI=1S/C23H30N4.HI/c1-19(13-14-20-9-4-3-5-10-20)26-23(24-2)25-18-21-11-8-12-22(17-21)27-15-6-7-16-27;/h3-12,17,19H,13-16,18H2,1-2H3,(H2,24,25,26);1H. The number of hydrogen-bond acceptors (Lipinski definition) is 2. The number of aliphatic imine (C=N–C) groups is 1. The normalized spacial score (nSPS) is 14.5. The van der Waals surface area contributed by atoms with Crippen molar-refractivity contribution in [2.75, 3.05) is 25.0 Å². The van der Waals surface area contributed by atoms with E-state index in [1.54, 1.807) is 0 Å². The number of nitrogens with one attached hydrogen (secondary N) is 2. The summed E-state index contributed by atoms with van der Waals surface area (Å²) in [4.78, 5) is 6.74. The van der Waals surface area contributed by atoms with Crippen molar-refractivity contribution in [1.29, 1.82) is 0 Å². The van der Waals surface area contributed by atoms with Crippen molar-refractivity contribution in [3.05, 3.63) is 77.9 Å². The molecule has 2 aromatic carbocycles. The zero-order valence-corrected chi connectivity index (χ0v) is 19.1. The minimum absolute atomic E-state index is 0. The first-order valence-electron chi connectivity index (χ1n) is 9.74. The largest absolute Gasteiger partial charge is 0.364 e. The molecule has 150 valence electrons. The van der Waals surface area contributed by atoms with Crippen molar-refractivity contribution < 1.29 is 0 Å². The molecule has 1 atom stereocenters. The van der Waals surface area contributed by atoms with Crippen LogP contribution in [0.3, 0.4) is 0 Å². The molecule has 0 saturated carbocycles. The maximum Gasteiger partial charge on any atom is 0.191 e. The van der Waals surface area contributed by atoms with Gasteiger partial charge in [-0.3, -0.25) is 4.99 Å². The Kier molecular flexibility index (Phi) is 9.34. The lowest BCUT2D eigenvalue weighted by atomic mass is 10.1. The van der Waals surface area contributed by atoms with Gasteiger partial charge >= 0.3 is 0 Å². The molecular formula is C23H31IN4. The first kappa shape index (κ1) is 22.3. The Bertz CT molecular complexity index is 765. The van der Waals surface area contributed by atoms with Gasteiger partial charge in [-0.05, 0) is 43.0 Å². The van der Waals surface area contributed by atoms with Crippen LogP contribution in [0, 0.1) is 0 Å². The van der Waals surface area contributed by atoms with Crippen LogP contribution in [0.25, 0.3) is 0 Å². The molecule has 0 aliphatic carbocycles. The molecule has 2 N–H and O–H groups in total.